The highest BCUT2D eigenvalue weighted by molar-refractivity contribution is 4.60. The van der Waals surface area contributed by atoms with Gasteiger partial charge in [-0.05, 0) is 40.0 Å². The number of hydrogen-bond donors (Lipinski definition) is 2. The summed E-state index contributed by atoms with van der Waals surface area (Å²) >= 11 is 0. The molecule has 0 bridgehead atoms. The van der Waals surface area contributed by atoms with E-state index in [0.29, 0.717) is 6.29 Å². The van der Waals surface area contributed by atoms with Crippen LogP contribution in [-0.4, -0.2) is 38.4 Å². The highest BCUT2D eigenvalue weighted by Crippen LogP contribution is 1.85. The average molecular weight is 173 g/mol. The van der Waals surface area contributed by atoms with Crippen molar-refractivity contribution in [2.24, 2.45) is 0 Å². The van der Waals surface area contributed by atoms with Gasteiger partial charge in [0.05, 0.1) is 0 Å². The van der Waals surface area contributed by atoms with Gasteiger partial charge in [-0.25, -0.2) is 0 Å². The third-order valence-corrected chi connectivity index (χ3v) is 1.69. The van der Waals surface area contributed by atoms with E-state index in [2.05, 4.69) is 43.5 Å². The molecule has 0 amide bonds. The van der Waals surface area contributed by atoms with Crippen LogP contribution in [0.2, 0.25) is 0 Å². The molecule has 0 saturated carbocycles. The lowest BCUT2D eigenvalue weighted by atomic mass is 10.4. The fourth-order valence-corrected chi connectivity index (χ4v) is 0.999. The van der Waals surface area contributed by atoms with E-state index in [9.17, 15) is 0 Å². The van der Waals surface area contributed by atoms with Gasteiger partial charge < -0.3 is 0 Å². The Morgan fingerprint density at radius 1 is 1.00 bits per heavy atom. The van der Waals surface area contributed by atoms with Gasteiger partial charge in [-0.1, -0.05) is 13.8 Å². The molecule has 0 aliphatic carbocycles. The fraction of sp³-hybridized carbons (Fsp3) is 1.00. The van der Waals surface area contributed by atoms with Crippen LogP contribution in [-0.2, 0) is 0 Å². The number of hydrogen-bond acceptors (Lipinski definition) is 3. The van der Waals surface area contributed by atoms with Gasteiger partial charge in [0.2, 0.25) is 0 Å². The molecule has 0 rings (SSSR count). The third kappa shape index (κ3) is 5.52. The Hall–Kier alpha value is -0.120. The topological polar surface area (TPSA) is 27.3 Å². The molecule has 0 heterocycles. The maximum atomic E-state index is 3.42. The van der Waals surface area contributed by atoms with E-state index in [1.807, 2.05) is 0 Å². The normalized spacial score (nSPS) is 11.5. The smallest absolute Gasteiger partial charge is 0.113 e. The largest absolute Gasteiger partial charge is 0.289 e. The first-order valence-corrected chi connectivity index (χ1v) is 4.85. The van der Waals surface area contributed by atoms with Crippen molar-refractivity contribution in [3.05, 3.63) is 0 Å². The first kappa shape index (κ1) is 11.9. The number of nitrogens with one attached hydrogen (secondary N) is 2. The van der Waals surface area contributed by atoms with Gasteiger partial charge in [0.1, 0.15) is 6.29 Å². The zero-order valence-corrected chi connectivity index (χ0v) is 8.85. The highest BCUT2D eigenvalue weighted by Gasteiger charge is 2.06. The maximum Gasteiger partial charge on any atom is 0.113 e. The molecule has 0 radical (unpaired) electrons. The predicted molar refractivity (Wildman–Crippen MR) is 54.1 cm³/mol. The van der Waals surface area contributed by atoms with Crippen molar-refractivity contribution in [2.45, 2.75) is 33.0 Å². The van der Waals surface area contributed by atoms with Crippen molar-refractivity contribution in [3.8, 4) is 0 Å². The Labute approximate surface area is 76.5 Å². The van der Waals surface area contributed by atoms with Crippen molar-refractivity contribution in [1.29, 1.82) is 0 Å². The average Bonchev–Trinajstić information content (AvgIpc) is 2.04. The van der Waals surface area contributed by atoms with Crippen LogP contribution >= 0.6 is 0 Å². The quantitative estimate of drug-likeness (QED) is 0.558. The molecule has 12 heavy (non-hydrogen) atoms. The van der Waals surface area contributed by atoms with E-state index in [1.54, 1.807) is 0 Å². The molecule has 2 N–H and O–H groups in total. The summed E-state index contributed by atoms with van der Waals surface area (Å²) < 4.78 is 0. The fourth-order valence-electron chi connectivity index (χ4n) is 0.999. The second-order valence-corrected chi connectivity index (χ2v) is 3.27. The highest BCUT2D eigenvalue weighted by atomic mass is 15.4. The van der Waals surface area contributed by atoms with Crippen molar-refractivity contribution >= 4 is 0 Å². The van der Waals surface area contributed by atoms with E-state index in [0.717, 1.165) is 13.1 Å². The molecule has 74 valence electrons. The van der Waals surface area contributed by atoms with E-state index < -0.39 is 0 Å². The second-order valence-electron chi connectivity index (χ2n) is 3.27. The minimum atomic E-state index is 0.324. The standard InChI is InChI=1S/C9H23N3/c1-5-7-10-9(12(3)4)11-8-6-2/h9-11H,5-8H2,1-4H3. The molecule has 0 saturated heterocycles. The van der Waals surface area contributed by atoms with Crippen molar-refractivity contribution in [3.63, 3.8) is 0 Å². The summed E-state index contributed by atoms with van der Waals surface area (Å²) in [6.07, 6.45) is 2.68. The Morgan fingerprint density at radius 2 is 1.42 bits per heavy atom. The van der Waals surface area contributed by atoms with Crippen molar-refractivity contribution in [1.82, 2.24) is 15.5 Å². The lowest BCUT2D eigenvalue weighted by Crippen LogP contribution is -2.52. The van der Waals surface area contributed by atoms with E-state index in [4.69, 9.17) is 0 Å². The summed E-state index contributed by atoms with van der Waals surface area (Å²) in [6.45, 7) is 6.50. The van der Waals surface area contributed by atoms with Crippen molar-refractivity contribution in [2.75, 3.05) is 27.2 Å². The third-order valence-electron chi connectivity index (χ3n) is 1.69. The summed E-state index contributed by atoms with van der Waals surface area (Å²) in [6, 6.07) is 0. The van der Waals surface area contributed by atoms with Crippen LogP contribution in [0.15, 0.2) is 0 Å². The first-order chi connectivity index (χ1) is 5.72. The summed E-state index contributed by atoms with van der Waals surface area (Å²) in [4.78, 5) is 2.16. The summed E-state index contributed by atoms with van der Waals surface area (Å²) in [7, 11) is 4.16. The van der Waals surface area contributed by atoms with Gasteiger partial charge in [0.15, 0.2) is 0 Å². The summed E-state index contributed by atoms with van der Waals surface area (Å²) in [5.74, 6) is 0. The van der Waals surface area contributed by atoms with Gasteiger partial charge in [-0.3, -0.25) is 15.5 Å². The van der Waals surface area contributed by atoms with Gasteiger partial charge >= 0.3 is 0 Å². The maximum absolute atomic E-state index is 3.42. The van der Waals surface area contributed by atoms with Crippen molar-refractivity contribution < 1.29 is 0 Å². The van der Waals surface area contributed by atoms with E-state index >= 15 is 0 Å². The molecule has 0 aliphatic rings. The summed E-state index contributed by atoms with van der Waals surface area (Å²) in [5, 5.41) is 6.84. The molecule has 0 aliphatic heterocycles. The second kappa shape index (κ2) is 7.53. The predicted octanol–water partition coefficient (Wildman–Crippen LogP) is 0.831. The first-order valence-electron chi connectivity index (χ1n) is 4.85. The Morgan fingerprint density at radius 3 is 1.67 bits per heavy atom. The Balaban J connectivity index is 3.55. The number of nitrogens with zero attached hydrogens (tertiary/aromatic N) is 1. The van der Waals surface area contributed by atoms with Crippen LogP contribution in [0.4, 0.5) is 0 Å². The molecular formula is C9H23N3. The molecule has 0 spiro atoms. The minimum absolute atomic E-state index is 0.324. The lowest BCUT2D eigenvalue weighted by Gasteiger charge is -2.26. The SMILES string of the molecule is CCCNC(NCCC)N(C)C. The monoisotopic (exact) mass is 173 g/mol. The molecule has 3 heteroatoms. The molecule has 0 aromatic rings. The van der Waals surface area contributed by atoms with Gasteiger partial charge in [-0.2, -0.15) is 0 Å². The molecule has 0 aromatic heterocycles. The van der Waals surface area contributed by atoms with Gasteiger partial charge in [0.25, 0.3) is 0 Å². The van der Waals surface area contributed by atoms with Gasteiger partial charge in [0, 0.05) is 0 Å². The van der Waals surface area contributed by atoms with Crippen LogP contribution in [0.25, 0.3) is 0 Å². The van der Waals surface area contributed by atoms with Crippen LogP contribution < -0.4 is 10.6 Å². The van der Waals surface area contributed by atoms with Crippen LogP contribution in [0.5, 0.6) is 0 Å². The van der Waals surface area contributed by atoms with Crippen LogP contribution in [0.3, 0.4) is 0 Å². The summed E-state index contributed by atoms with van der Waals surface area (Å²) in [5.41, 5.74) is 0. The molecule has 0 atom stereocenters. The zero-order chi connectivity index (χ0) is 9.40. The van der Waals surface area contributed by atoms with Gasteiger partial charge in [-0.15, -0.1) is 0 Å². The Bertz CT molecular complexity index is 85.8. The van der Waals surface area contributed by atoms with E-state index in [-0.39, 0.29) is 0 Å². The van der Waals surface area contributed by atoms with Crippen LogP contribution in [0.1, 0.15) is 26.7 Å². The molecular weight excluding hydrogens is 150 g/mol. The van der Waals surface area contributed by atoms with Crippen LogP contribution in [0, 0.1) is 0 Å². The minimum Gasteiger partial charge on any atom is -0.289 e. The van der Waals surface area contributed by atoms with E-state index in [1.165, 1.54) is 12.8 Å². The Kier molecular flexibility index (Phi) is 7.45. The molecule has 0 aromatic carbocycles. The molecule has 3 nitrogen and oxygen atoms in total. The zero-order valence-electron chi connectivity index (χ0n) is 8.85. The molecule has 0 unspecified atom stereocenters. The molecule has 0 fully saturated rings. The number of rotatable bonds is 7. The lowest BCUT2D eigenvalue weighted by molar-refractivity contribution is 0.203.